The number of aliphatic hydroxyl groups is 2. The molecule has 0 radical (unpaired) electrons. The molecule has 2 aliphatic rings. The third kappa shape index (κ3) is 9.76. The summed E-state index contributed by atoms with van der Waals surface area (Å²) in [6, 6.07) is 16.6. The van der Waals surface area contributed by atoms with Gasteiger partial charge in [-0.2, -0.15) is 0 Å². The molecule has 2 aliphatic carbocycles. The predicted octanol–water partition coefficient (Wildman–Crippen LogP) is 5.25. The zero-order chi connectivity index (χ0) is 24.1. The number of carboxylic acid groups (broad SMARTS) is 2. The monoisotopic (exact) mass is 456 g/mol. The summed E-state index contributed by atoms with van der Waals surface area (Å²) in [6.45, 7) is 0. The summed E-state index contributed by atoms with van der Waals surface area (Å²) in [5, 5.41) is 36.8. The molecule has 4 rings (SSSR count). The third-order valence-electron chi connectivity index (χ3n) is 6.41. The zero-order valence-corrected chi connectivity index (χ0v) is 19.1. The van der Waals surface area contributed by atoms with Crippen LogP contribution in [0.5, 0.6) is 0 Å². The number of rotatable bonds is 6. The number of hydrogen-bond donors (Lipinski definition) is 4. The lowest BCUT2D eigenvalue weighted by atomic mass is 9.90. The average Bonchev–Trinajstić information content (AvgIpc) is 3.56. The van der Waals surface area contributed by atoms with Gasteiger partial charge in [-0.15, -0.1) is 0 Å². The summed E-state index contributed by atoms with van der Waals surface area (Å²) in [4.78, 5) is 20.4. The van der Waals surface area contributed by atoms with Gasteiger partial charge in [-0.25, -0.2) is 9.59 Å². The molecule has 0 aromatic heterocycles. The van der Waals surface area contributed by atoms with Crippen molar-refractivity contribution < 1.29 is 30.0 Å². The van der Waals surface area contributed by atoms with Crippen molar-refractivity contribution in [1.29, 1.82) is 0 Å². The lowest BCUT2D eigenvalue weighted by Gasteiger charge is -2.24. The highest BCUT2D eigenvalue weighted by Gasteiger charge is 2.29. The Bertz CT molecular complexity index is 742. The summed E-state index contributed by atoms with van der Waals surface area (Å²) in [6.07, 6.45) is 9.85. The predicted molar refractivity (Wildman–Crippen MR) is 127 cm³/mol. The van der Waals surface area contributed by atoms with E-state index in [9.17, 15) is 19.8 Å². The van der Waals surface area contributed by atoms with E-state index in [-0.39, 0.29) is 12.2 Å². The van der Waals surface area contributed by atoms with Crippen LogP contribution in [0.3, 0.4) is 0 Å². The van der Waals surface area contributed by atoms with Gasteiger partial charge in [-0.05, 0) is 68.2 Å². The Morgan fingerprint density at radius 2 is 0.939 bits per heavy atom. The molecule has 0 heterocycles. The third-order valence-corrected chi connectivity index (χ3v) is 6.41. The first-order valence-corrected chi connectivity index (χ1v) is 11.8. The molecule has 2 aromatic rings. The molecular weight excluding hydrogens is 420 g/mol. The van der Waals surface area contributed by atoms with Gasteiger partial charge in [0.1, 0.15) is 0 Å². The molecule has 0 aliphatic heterocycles. The molecule has 2 aromatic carbocycles. The SMILES string of the molecule is O=C(O)c1ccccc1.O=C(O)c1ccccc1.OC(CC(O)C1CCCC1)C1CCCC1. The van der Waals surface area contributed by atoms with Gasteiger partial charge in [0, 0.05) is 0 Å². The number of aromatic carboxylic acids is 2. The summed E-state index contributed by atoms with van der Waals surface area (Å²) in [5.74, 6) is -0.812. The van der Waals surface area contributed by atoms with E-state index in [4.69, 9.17) is 10.2 Å². The van der Waals surface area contributed by atoms with Gasteiger partial charge < -0.3 is 20.4 Å². The minimum Gasteiger partial charge on any atom is -0.478 e. The maximum absolute atomic E-state index is 10.2. The Morgan fingerprint density at radius 3 is 1.18 bits per heavy atom. The van der Waals surface area contributed by atoms with E-state index in [1.165, 1.54) is 51.4 Å². The molecule has 6 nitrogen and oxygen atoms in total. The van der Waals surface area contributed by atoms with Crippen molar-refractivity contribution in [3.8, 4) is 0 Å². The van der Waals surface area contributed by atoms with Crippen LogP contribution in [0.1, 0.15) is 78.5 Å². The van der Waals surface area contributed by atoms with Crippen molar-refractivity contribution in [1.82, 2.24) is 0 Å². The average molecular weight is 457 g/mol. The van der Waals surface area contributed by atoms with Crippen molar-refractivity contribution >= 4 is 11.9 Å². The Hall–Kier alpha value is -2.70. The lowest BCUT2D eigenvalue weighted by Crippen LogP contribution is -2.28. The van der Waals surface area contributed by atoms with Gasteiger partial charge in [0.25, 0.3) is 0 Å². The maximum atomic E-state index is 10.2. The molecule has 6 heteroatoms. The van der Waals surface area contributed by atoms with Crippen LogP contribution in [-0.4, -0.2) is 44.6 Å². The molecule has 0 amide bonds. The molecule has 2 atom stereocenters. The Morgan fingerprint density at radius 1 is 0.636 bits per heavy atom. The summed E-state index contributed by atoms with van der Waals surface area (Å²) < 4.78 is 0. The van der Waals surface area contributed by atoms with Crippen LogP contribution in [0.25, 0.3) is 0 Å². The van der Waals surface area contributed by atoms with Crippen molar-refractivity contribution in [2.45, 2.75) is 70.0 Å². The second kappa shape index (κ2) is 14.4. The van der Waals surface area contributed by atoms with Crippen LogP contribution in [0, 0.1) is 11.8 Å². The van der Waals surface area contributed by atoms with Gasteiger partial charge in [0.15, 0.2) is 0 Å². The number of aliphatic hydroxyl groups excluding tert-OH is 2. The fourth-order valence-corrected chi connectivity index (χ4v) is 4.48. The highest BCUT2D eigenvalue weighted by molar-refractivity contribution is 5.87. The van der Waals surface area contributed by atoms with E-state index in [2.05, 4.69) is 0 Å². The standard InChI is InChI=1S/C13H24O2.2C7H6O2/c14-12(10-5-1-2-6-10)9-13(15)11-7-3-4-8-11;2*8-7(9)6-4-2-1-3-5-6/h10-15H,1-9H2;2*1-5H,(H,8,9). The molecule has 2 fully saturated rings. The van der Waals surface area contributed by atoms with E-state index >= 15 is 0 Å². The smallest absolute Gasteiger partial charge is 0.335 e. The Labute approximate surface area is 195 Å². The Kier molecular flexibility index (Phi) is 11.6. The van der Waals surface area contributed by atoms with Crippen LogP contribution >= 0.6 is 0 Å². The zero-order valence-electron chi connectivity index (χ0n) is 19.1. The quantitative estimate of drug-likeness (QED) is 0.472. The molecular formula is C27H36O6. The number of carbonyl (C=O) groups is 2. The minimum absolute atomic E-state index is 0.247. The summed E-state index contributed by atoms with van der Waals surface area (Å²) >= 11 is 0. The lowest BCUT2D eigenvalue weighted by molar-refractivity contribution is 0.0200. The maximum Gasteiger partial charge on any atom is 0.335 e. The normalized spacial score (nSPS) is 17.8. The molecule has 4 N–H and O–H groups in total. The van der Waals surface area contributed by atoms with E-state index < -0.39 is 11.9 Å². The second-order valence-electron chi connectivity index (χ2n) is 8.80. The fraction of sp³-hybridized carbons (Fsp3) is 0.481. The first-order valence-electron chi connectivity index (χ1n) is 11.8. The van der Waals surface area contributed by atoms with E-state index in [0.717, 1.165) is 0 Å². The molecule has 2 unspecified atom stereocenters. The molecule has 33 heavy (non-hydrogen) atoms. The summed E-state index contributed by atoms with van der Waals surface area (Å²) in [5.41, 5.74) is 0.662. The van der Waals surface area contributed by atoms with E-state index in [1.54, 1.807) is 60.7 Å². The van der Waals surface area contributed by atoms with Crippen LogP contribution in [0.15, 0.2) is 60.7 Å². The highest BCUT2D eigenvalue weighted by Crippen LogP contribution is 2.33. The molecule has 180 valence electrons. The van der Waals surface area contributed by atoms with Crippen LogP contribution < -0.4 is 0 Å². The molecule has 0 saturated heterocycles. The fourth-order valence-electron chi connectivity index (χ4n) is 4.48. The van der Waals surface area contributed by atoms with E-state index in [0.29, 0.717) is 29.4 Å². The minimum atomic E-state index is -0.879. The largest absolute Gasteiger partial charge is 0.478 e. The van der Waals surface area contributed by atoms with Crippen molar-refractivity contribution in [2.75, 3.05) is 0 Å². The molecule has 0 bridgehead atoms. The van der Waals surface area contributed by atoms with Crippen molar-refractivity contribution in [3.63, 3.8) is 0 Å². The first kappa shape index (κ1) is 26.6. The first-order chi connectivity index (χ1) is 15.9. The second-order valence-corrected chi connectivity index (χ2v) is 8.80. The van der Waals surface area contributed by atoms with Crippen LogP contribution in [-0.2, 0) is 0 Å². The van der Waals surface area contributed by atoms with Crippen LogP contribution in [0.4, 0.5) is 0 Å². The van der Waals surface area contributed by atoms with Crippen molar-refractivity contribution in [2.24, 2.45) is 11.8 Å². The van der Waals surface area contributed by atoms with E-state index in [1.807, 2.05) is 0 Å². The number of benzene rings is 2. The molecule has 0 spiro atoms. The number of hydrogen-bond acceptors (Lipinski definition) is 4. The topological polar surface area (TPSA) is 115 Å². The van der Waals surface area contributed by atoms with Crippen molar-refractivity contribution in [3.05, 3.63) is 71.8 Å². The Balaban J connectivity index is 0.000000186. The molecule has 2 saturated carbocycles. The van der Waals surface area contributed by atoms with Gasteiger partial charge >= 0.3 is 11.9 Å². The van der Waals surface area contributed by atoms with Gasteiger partial charge in [-0.3, -0.25) is 0 Å². The van der Waals surface area contributed by atoms with Gasteiger partial charge in [0.05, 0.1) is 23.3 Å². The van der Waals surface area contributed by atoms with Crippen LogP contribution in [0.2, 0.25) is 0 Å². The number of carboxylic acids is 2. The van der Waals surface area contributed by atoms with Gasteiger partial charge in [-0.1, -0.05) is 62.1 Å². The van der Waals surface area contributed by atoms with Gasteiger partial charge in [0.2, 0.25) is 0 Å². The highest BCUT2D eigenvalue weighted by atomic mass is 16.4. The summed E-state index contributed by atoms with van der Waals surface area (Å²) in [7, 11) is 0.